The van der Waals surface area contributed by atoms with Gasteiger partial charge < -0.3 is 10.3 Å². The summed E-state index contributed by atoms with van der Waals surface area (Å²) in [5.74, 6) is 0.475. The van der Waals surface area contributed by atoms with E-state index in [0.29, 0.717) is 17.0 Å². The fourth-order valence-electron chi connectivity index (χ4n) is 4.06. The molecule has 5 rings (SSSR count). The summed E-state index contributed by atoms with van der Waals surface area (Å²) in [5.41, 5.74) is 13.5. The molecule has 162 valence electrons. The number of rotatable bonds is 3. The van der Waals surface area contributed by atoms with Gasteiger partial charge in [0.05, 0.1) is 52.2 Å². The van der Waals surface area contributed by atoms with E-state index in [1.165, 1.54) is 0 Å². The SMILES string of the molecule is Cc1ccc(C#N)cc1-n1c(=NSN)n(C)c2cnc3ccc(-c4ccc(N)nc4)cc3c21. The Morgan fingerprint density at radius 1 is 1.03 bits per heavy atom. The van der Waals surface area contributed by atoms with Crippen LogP contribution in [0.15, 0.2) is 65.3 Å². The molecule has 9 heteroatoms. The molecule has 2 aromatic carbocycles. The molecule has 0 aliphatic carbocycles. The van der Waals surface area contributed by atoms with Crippen LogP contribution in [-0.2, 0) is 7.05 Å². The molecule has 0 atom stereocenters. The van der Waals surface area contributed by atoms with E-state index >= 15 is 0 Å². The first-order valence-electron chi connectivity index (χ1n) is 10.1. The Hall–Kier alpha value is -4.13. The number of imidazole rings is 1. The number of aryl methyl sites for hydroxylation is 2. The molecule has 33 heavy (non-hydrogen) atoms. The second-order valence-corrected chi connectivity index (χ2v) is 8.09. The number of aromatic nitrogens is 4. The Balaban J connectivity index is 1.93. The van der Waals surface area contributed by atoms with Crippen LogP contribution < -0.4 is 16.5 Å². The summed E-state index contributed by atoms with van der Waals surface area (Å²) in [5, 5.41) is 16.2. The van der Waals surface area contributed by atoms with Gasteiger partial charge in [-0.2, -0.15) is 9.66 Å². The smallest absolute Gasteiger partial charge is 0.223 e. The highest BCUT2D eigenvalue weighted by molar-refractivity contribution is 7.95. The molecular formula is C24H20N8S. The maximum Gasteiger partial charge on any atom is 0.223 e. The molecule has 0 amide bonds. The highest BCUT2D eigenvalue weighted by atomic mass is 32.2. The van der Waals surface area contributed by atoms with Crippen LogP contribution in [-0.4, -0.2) is 19.1 Å². The highest BCUT2D eigenvalue weighted by Crippen LogP contribution is 2.30. The van der Waals surface area contributed by atoms with E-state index < -0.39 is 0 Å². The van der Waals surface area contributed by atoms with Crippen molar-refractivity contribution in [3.05, 3.63) is 77.7 Å². The van der Waals surface area contributed by atoms with E-state index in [-0.39, 0.29) is 0 Å². The molecular weight excluding hydrogens is 432 g/mol. The van der Waals surface area contributed by atoms with Gasteiger partial charge in [0.1, 0.15) is 5.82 Å². The fourth-order valence-corrected chi connectivity index (χ4v) is 4.36. The van der Waals surface area contributed by atoms with Gasteiger partial charge in [0.25, 0.3) is 0 Å². The van der Waals surface area contributed by atoms with Crippen molar-refractivity contribution in [2.75, 3.05) is 5.73 Å². The first-order chi connectivity index (χ1) is 16.0. The van der Waals surface area contributed by atoms with E-state index in [9.17, 15) is 5.26 Å². The van der Waals surface area contributed by atoms with Crippen molar-refractivity contribution in [1.29, 1.82) is 5.26 Å². The van der Waals surface area contributed by atoms with E-state index in [4.69, 9.17) is 10.9 Å². The van der Waals surface area contributed by atoms with Crippen LogP contribution in [0, 0.1) is 18.3 Å². The van der Waals surface area contributed by atoms with Crippen molar-refractivity contribution in [2.24, 2.45) is 16.6 Å². The van der Waals surface area contributed by atoms with E-state index in [1.54, 1.807) is 12.3 Å². The number of nitrogens with two attached hydrogens (primary N) is 2. The Morgan fingerprint density at radius 3 is 2.58 bits per heavy atom. The number of benzene rings is 2. The summed E-state index contributed by atoms with van der Waals surface area (Å²) in [4.78, 5) is 8.91. The third-order valence-corrected chi connectivity index (χ3v) is 6.01. The molecule has 0 radical (unpaired) electrons. The van der Waals surface area contributed by atoms with Gasteiger partial charge in [0.2, 0.25) is 5.62 Å². The largest absolute Gasteiger partial charge is 0.384 e. The average Bonchev–Trinajstić information content (AvgIpc) is 3.11. The van der Waals surface area contributed by atoms with Gasteiger partial charge >= 0.3 is 0 Å². The minimum Gasteiger partial charge on any atom is -0.384 e. The fraction of sp³-hybridized carbons (Fsp3) is 0.0833. The van der Waals surface area contributed by atoms with Crippen LogP contribution in [0.1, 0.15) is 11.1 Å². The van der Waals surface area contributed by atoms with Crippen molar-refractivity contribution >= 4 is 39.9 Å². The lowest BCUT2D eigenvalue weighted by molar-refractivity contribution is 0.820. The minimum atomic E-state index is 0.475. The van der Waals surface area contributed by atoms with Gasteiger partial charge in [-0.05, 0) is 54.4 Å². The summed E-state index contributed by atoms with van der Waals surface area (Å²) < 4.78 is 8.50. The van der Waals surface area contributed by atoms with E-state index in [1.807, 2.05) is 65.7 Å². The number of anilines is 1. The molecule has 3 aromatic heterocycles. The molecule has 0 aliphatic rings. The number of nitriles is 1. The van der Waals surface area contributed by atoms with Crippen LogP contribution in [0.4, 0.5) is 5.82 Å². The number of fused-ring (bicyclic) bond motifs is 3. The second kappa shape index (κ2) is 8.09. The molecule has 0 bridgehead atoms. The third kappa shape index (κ3) is 3.42. The molecule has 0 saturated carbocycles. The Morgan fingerprint density at radius 2 is 1.85 bits per heavy atom. The summed E-state index contributed by atoms with van der Waals surface area (Å²) in [6.07, 6.45) is 3.60. The van der Waals surface area contributed by atoms with Gasteiger partial charge in [-0.3, -0.25) is 14.7 Å². The van der Waals surface area contributed by atoms with E-state index in [2.05, 4.69) is 26.5 Å². The Kier molecular flexibility index (Phi) is 5.09. The van der Waals surface area contributed by atoms with Gasteiger partial charge in [-0.1, -0.05) is 12.1 Å². The molecule has 0 unspecified atom stereocenters. The van der Waals surface area contributed by atoms with Gasteiger partial charge in [0, 0.05) is 24.2 Å². The summed E-state index contributed by atoms with van der Waals surface area (Å²) in [6.45, 7) is 2.01. The van der Waals surface area contributed by atoms with Crippen LogP contribution in [0.5, 0.6) is 0 Å². The third-order valence-electron chi connectivity index (χ3n) is 5.74. The first-order valence-corrected chi connectivity index (χ1v) is 11.0. The normalized spacial score (nSPS) is 11.9. The Labute approximate surface area is 194 Å². The number of nitrogens with zero attached hydrogens (tertiary/aromatic N) is 6. The standard InChI is InChI=1S/C24H20N8S/c1-14-3-4-15(11-25)9-20(14)32-23-18-10-16(17-6-8-22(26)29-12-17)5-7-19(18)28-13-21(23)31(2)24(32)30-33-27/h3-10,12-13H,27H2,1-2H3,(H2,26,29). The molecule has 0 spiro atoms. The second-order valence-electron chi connectivity index (χ2n) is 7.70. The zero-order valence-electron chi connectivity index (χ0n) is 18.0. The highest BCUT2D eigenvalue weighted by Gasteiger charge is 2.17. The molecule has 4 N–H and O–H groups in total. The Bertz CT molecular complexity index is 1640. The zero-order chi connectivity index (χ0) is 23.1. The van der Waals surface area contributed by atoms with Gasteiger partial charge in [-0.25, -0.2) is 4.98 Å². The molecule has 0 aliphatic heterocycles. The van der Waals surface area contributed by atoms with Crippen molar-refractivity contribution in [3.63, 3.8) is 0 Å². The zero-order valence-corrected chi connectivity index (χ0v) is 18.8. The van der Waals surface area contributed by atoms with Crippen LogP contribution >= 0.6 is 12.1 Å². The van der Waals surface area contributed by atoms with Crippen molar-refractivity contribution in [2.45, 2.75) is 6.92 Å². The predicted molar refractivity (Wildman–Crippen MR) is 132 cm³/mol. The van der Waals surface area contributed by atoms with Crippen molar-refractivity contribution in [3.8, 4) is 22.9 Å². The summed E-state index contributed by atoms with van der Waals surface area (Å²) in [6, 6.07) is 17.7. The summed E-state index contributed by atoms with van der Waals surface area (Å²) >= 11 is 0.893. The minimum absolute atomic E-state index is 0.475. The molecule has 8 nitrogen and oxygen atoms in total. The van der Waals surface area contributed by atoms with Crippen molar-refractivity contribution < 1.29 is 0 Å². The summed E-state index contributed by atoms with van der Waals surface area (Å²) in [7, 11) is 1.93. The van der Waals surface area contributed by atoms with Crippen LogP contribution in [0.25, 0.3) is 38.8 Å². The number of hydrogen-bond donors (Lipinski definition) is 2. The first kappa shape index (κ1) is 20.8. The molecule has 0 fully saturated rings. The number of hydrogen-bond acceptors (Lipinski definition) is 7. The molecule has 0 saturated heterocycles. The van der Waals surface area contributed by atoms with Gasteiger partial charge in [-0.15, -0.1) is 0 Å². The topological polar surface area (TPSA) is 124 Å². The molecule has 3 heterocycles. The number of nitrogen functional groups attached to an aromatic ring is 1. The maximum atomic E-state index is 9.51. The predicted octanol–water partition coefficient (Wildman–Crippen LogP) is 3.76. The lowest BCUT2D eigenvalue weighted by Crippen LogP contribution is -2.23. The van der Waals surface area contributed by atoms with Crippen LogP contribution in [0.3, 0.4) is 0 Å². The van der Waals surface area contributed by atoms with Crippen molar-refractivity contribution in [1.82, 2.24) is 19.1 Å². The monoisotopic (exact) mass is 452 g/mol. The van der Waals surface area contributed by atoms with E-state index in [0.717, 1.165) is 56.4 Å². The maximum absolute atomic E-state index is 9.51. The quantitative estimate of drug-likeness (QED) is 0.402. The van der Waals surface area contributed by atoms with Crippen LogP contribution in [0.2, 0.25) is 0 Å². The molecule has 5 aromatic rings. The average molecular weight is 453 g/mol. The lowest BCUT2D eigenvalue weighted by Gasteiger charge is -2.11. The lowest BCUT2D eigenvalue weighted by atomic mass is 10.0. The number of pyridine rings is 2. The van der Waals surface area contributed by atoms with Gasteiger partial charge in [0.15, 0.2) is 0 Å².